The van der Waals surface area contributed by atoms with Gasteiger partial charge in [0, 0.05) is 22.4 Å². The Morgan fingerprint density at radius 2 is 1.61 bits per heavy atom. The quantitative estimate of drug-likeness (QED) is 0.120. The first-order valence-corrected chi connectivity index (χ1v) is 11.5. The Bertz CT molecular complexity index is 1400. The number of aromatic nitrogens is 1. The molecule has 1 atom stereocenters. The van der Waals surface area contributed by atoms with Crippen LogP contribution in [0, 0.1) is 10.1 Å². The van der Waals surface area contributed by atoms with Crippen LogP contribution in [0.4, 0.5) is 17.1 Å². The van der Waals surface area contributed by atoms with Crippen LogP contribution in [-0.2, 0) is 4.79 Å². The molecular formula is C26H26N6O4. The highest BCUT2D eigenvalue weighted by atomic mass is 16.6. The summed E-state index contributed by atoms with van der Waals surface area (Å²) in [6.07, 6.45) is 1.76. The van der Waals surface area contributed by atoms with Gasteiger partial charge < -0.3 is 16.8 Å². The molecule has 0 radical (unpaired) electrons. The molecule has 0 aliphatic rings. The molecule has 1 heterocycles. The van der Waals surface area contributed by atoms with Crippen molar-refractivity contribution >= 4 is 50.7 Å². The summed E-state index contributed by atoms with van der Waals surface area (Å²) in [5.41, 5.74) is 13.3. The number of nitro groups is 1. The van der Waals surface area contributed by atoms with Gasteiger partial charge in [0.15, 0.2) is 0 Å². The Morgan fingerprint density at radius 1 is 0.972 bits per heavy atom. The van der Waals surface area contributed by atoms with Crippen LogP contribution in [0.5, 0.6) is 0 Å². The van der Waals surface area contributed by atoms with Gasteiger partial charge in [0.1, 0.15) is 5.69 Å². The van der Waals surface area contributed by atoms with Crippen LogP contribution >= 0.6 is 0 Å². The Kier molecular flexibility index (Phi) is 7.47. The SMILES string of the molecule is NCCCC[C@H](N)C(=O)NC(=O)c1ccc(Nc2c3ccccc3nc3ccccc23)c([N+](=O)[O-])c1. The summed E-state index contributed by atoms with van der Waals surface area (Å²) < 4.78 is 0. The largest absolute Gasteiger partial charge is 0.349 e. The normalized spacial score (nSPS) is 11.8. The van der Waals surface area contributed by atoms with Gasteiger partial charge in [0.25, 0.3) is 11.6 Å². The number of benzene rings is 3. The van der Waals surface area contributed by atoms with Gasteiger partial charge in [-0.2, -0.15) is 0 Å². The molecular weight excluding hydrogens is 460 g/mol. The molecule has 2 amide bonds. The lowest BCUT2D eigenvalue weighted by Gasteiger charge is -2.14. The number of fused-ring (bicyclic) bond motifs is 2. The second-order valence-corrected chi connectivity index (χ2v) is 8.34. The average molecular weight is 487 g/mol. The molecule has 0 spiro atoms. The summed E-state index contributed by atoms with van der Waals surface area (Å²) >= 11 is 0. The first-order chi connectivity index (χ1) is 17.4. The number of unbranched alkanes of at least 4 members (excludes halogenated alkanes) is 1. The van der Waals surface area contributed by atoms with Crippen molar-refractivity contribution in [2.45, 2.75) is 25.3 Å². The minimum Gasteiger partial charge on any atom is -0.349 e. The van der Waals surface area contributed by atoms with E-state index in [0.29, 0.717) is 25.1 Å². The van der Waals surface area contributed by atoms with Gasteiger partial charge >= 0.3 is 0 Å². The number of hydrogen-bond donors (Lipinski definition) is 4. The topological polar surface area (TPSA) is 166 Å². The van der Waals surface area contributed by atoms with E-state index in [1.807, 2.05) is 48.5 Å². The fourth-order valence-corrected chi connectivity index (χ4v) is 3.96. The first kappa shape index (κ1) is 24.7. The molecule has 0 unspecified atom stereocenters. The molecule has 10 heteroatoms. The molecule has 6 N–H and O–H groups in total. The monoisotopic (exact) mass is 486 g/mol. The predicted octanol–water partition coefficient (Wildman–Crippen LogP) is 3.75. The molecule has 0 bridgehead atoms. The second kappa shape index (κ2) is 10.9. The lowest BCUT2D eigenvalue weighted by Crippen LogP contribution is -2.43. The average Bonchev–Trinajstić information content (AvgIpc) is 2.88. The van der Waals surface area contributed by atoms with Crippen LogP contribution in [0.3, 0.4) is 0 Å². The lowest BCUT2D eigenvalue weighted by atomic mass is 10.1. The minimum absolute atomic E-state index is 0.0285. The number of nitrogens with one attached hydrogen (secondary N) is 2. The van der Waals surface area contributed by atoms with Crippen LogP contribution in [0.25, 0.3) is 21.8 Å². The number of hydrogen-bond acceptors (Lipinski definition) is 8. The Hall–Kier alpha value is -4.41. The van der Waals surface area contributed by atoms with Crippen molar-refractivity contribution < 1.29 is 14.5 Å². The zero-order valence-corrected chi connectivity index (χ0v) is 19.4. The van der Waals surface area contributed by atoms with E-state index in [2.05, 4.69) is 15.6 Å². The zero-order valence-electron chi connectivity index (χ0n) is 19.4. The van der Waals surface area contributed by atoms with Crippen LogP contribution < -0.4 is 22.1 Å². The highest BCUT2D eigenvalue weighted by Crippen LogP contribution is 2.36. The van der Waals surface area contributed by atoms with Gasteiger partial charge in [-0.3, -0.25) is 25.0 Å². The van der Waals surface area contributed by atoms with E-state index in [-0.39, 0.29) is 16.9 Å². The van der Waals surface area contributed by atoms with Crippen LogP contribution in [-0.4, -0.2) is 34.3 Å². The number of nitro benzene ring substituents is 1. The van der Waals surface area contributed by atoms with Crippen molar-refractivity contribution in [3.05, 3.63) is 82.4 Å². The number of carbonyl (C=O) groups excluding carboxylic acids is 2. The van der Waals surface area contributed by atoms with Gasteiger partial charge in [-0.25, -0.2) is 4.98 Å². The highest BCUT2D eigenvalue weighted by Gasteiger charge is 2.22. The highest BCUT2D eigenvalue weighted by molar-refractivity contribution is 6.10. The smallest absolute Gasteiger partial charge is 0.293 e. The second-order valence-electron chi connectivity index (χ2n) is 8.34. The minimum atomic E-state index is -0.871. The summed E-state index contributed by atoms with van der Waals surface area (Å²) in [5.74, 6) is -1.40. The third kappa shape index (κ3) is 5.29. The van der Waals surface area contributed by atoms with Crippen LogP contribution in [0.2, 0.25) is 0 Å². The third-order valence-corrected chi connectivity index (χ3v) is 5.85. The van der Waals surface area contributed by atoms with E-state index in [4.69, 9.17) is 11.5 Å². The molecule has 0 aliphatic carbocycles. The summed E-state index contributed by atoms with van der Waals surface area (Å²) in [4.78, 5) is 40.9. The van der Waals surface area contributed by atoms with E-state index in [1.165, 1.54) is 12.1 Å². The zero-order chi connectivity index (χ0) is 25.7. The van der Waals surface area contributed by atoms with Crippen LogP contribution in [0.1, 0.15) is 29.6 Å². The Labute approximate surface area is 206 Å². The van der Waals surface area contributed by atoms with E-state index in [1.54, 1.807) is 0 Å². The van der Waals surface area contributed by atoms with Crippen molar-refractivity contribution in [2.24, 2.45) is 11.5 Å². The summed E-state index contributed by atoms with van der Waals surface area (Å²) in [5, 5.41) is 18.9. The van der Waals surface area contributed by atoms with Crippen molar-refractivity contribution in [1.29, 1.82) is 0 Å². The van der Waals surface area contributed by atoms with Gasteiger partial charge in [-0.15, -0.1) is 0 Å². The van der Waals surface area contributed by atoms with Crippen molar-refractivity contribution in [3.63, 3.8) is 0 Å². The summed E-state index contributed by atoms with van der Waals surface area (Å²) in [6, 6.07) is 18.1. The fourth-order valence-electron chi connectivity index (χ4n) is 3.96. The van der Waals surface area contributed by atoms with Gasteiger partial charge in [0.05, 0.1) is 27.7 Å². The molecule has 4 aromatic rings. The molecule has 184 valence electrons. The van der Waals surface area contributed by atoms with Gasteiger partial charge in [-0.05, 0) is 43.7 Å². The molecule has 10 nitrogen and oxygen atoms in total. The molecule has 1 aromatic heterocycles. The number of rotatable bonds is 9. The molecule has 0 fully saturated rings. The maximum absolute atomic E-state index is 12.6. The van der Waals surface area contributed by atoms with Gasteiger partial charge in [0.2, 0.25) is 5.91 Å². The number of amides is 2. The van der Waals surface area contributed by atoms with E-state index < -0.39 is 22.8 Å². The number of imide groups is 1. The Morgan fingerprint density at radius 3 is 2.22 bits per heavy atom. The predicted molar refractivity (Wildman–Crippen MR) is 139 cm³/mol. The van der Waals surface area contributed by atoms with E-state index >= 15 is 0 Å². The molecule has 0 saturated heterocycles. The number of anilines is 2. The first-order valence-electron chi connectivity index (χ1n) is 11.5. The number of nitrogens with zero attached hydrogens (tertiary/aromatic N) is 2. The number of nitrogens with two attached hydrogens (primary N) is 2. The molecule has 4 rings (SSSR count). The standard InChI is InChI=1S/C26H26N6O4/c27-14-6-5-9-19(28)26(34)31-25(33)16-12-13-22(23(15-16)32(35)36)30-24-17-7-1-3-10-20(17)29-21-11-4-2-8-18(21)24/h1-4,7-8,10-13,15,19H,5-6,9,14,27-28H2,(H,29,30)(H,31,33,34)/t19-/m0/s1. The number of carbonyl (C=O) groups is 2. The molecule has 0 saturated carbocycles. The fraction of sp³-hybridized carbons (Fsp3) is 0.192. The van der Waals surface area contributed by atoms with Crippen molar-refractivity contribution in [3.8, 4) is 0 Å². The molecule has 36 heavy (non-hydrogen) atoms. The van der Waals surface area contributed by atoms with E-state index in [9.17, 15) is 19.7 Å². The van der Waals surface area contributed by atoms with Crippen LogP contribution in [0.15, 0.2) is 66.7 Å². The third-order valence-electron chi connectivity index (χ3n) is 5.85. The van der Waals surface area contributed by atoms with Crippen molar-refractivity contribution in [2.75, 3.05) is 11.9 Å². The number of pyridine rings is 1. The lowest BCUT2D eigenvalue weighted by molar-refractivity contribution is -0.383. The molecule has 3 aromatic carbocycles. The van der Waals surface area contributed by atoms with E-state index in [0.717, 1.165) is 34.3 Å². The summed E-state index contributed by atoms with van der Waals surface area (Å²) in [7, 11) is 0. The Balaban J connectivity index is 1.64. The summed E-state index contributed by atoms with van der Waals surface area (Å²) in [6.45, 7) is 0.488. The number of para-hydroxylation sites is 2. The van der Waals surface area contributed by atoms with Gasteiger partial charge in [-0.1, -0.05) is 42.8 Å². The molecule has 0 aliphatic heterocycles. The van der Waals surface area contributed by atoms with Crippen molar-refractivity contribution in [1.82, 2.24) is 10.3 Å². The maximum atomic E-state index is 12.6. The maximum Gasteiger partial charge on any atom is 0.293 e.